The molecule has 8 rings (SSSR count). The molecule has 17 heteroatoms. The first-order chi connectivity index (χ1) is 39.5. The first-order valence-electron chi connectivity index (χ1n) is 28.3. The minimum absolute atomic E-state index is 0.00289. The first-order valence-corrected chi connectivity index (χ1v) is 28.3. The van der Waals surface area contributed by atoms with Gasteiger partial charge in [0.15, 0.2) is 23.6 Å². The van der Waals surface area contributed by atoms with E-state index in [1.807, 2.05) is 12.2 Å². The van der Waals surface area contributed by atoms with Gasteiger partial charge in [0.1, 0.15) is 23.9 Å². The Morgan fingerprint density at radius 3 is 1.95 bits per heavy atom. The van der Waals surface area contributed by atoms with Crippen molar-refractivity contribution in [2.24, 2.45) is 22.2 Å². The van der Waals surface area contributed by atoms with Gasteiger partial charge in [-0.3, -0.25) is 19.2 Å². The molecule has 2 bridgehead atoms. The summed E-state index contributed by atoms with van der Waals surface area (Å²) in [5.74, 6) is -7.75. The molecule has 17 nitrogen and oxygen atoms in total. The number of benzene rings is 3. The normalized spacial score (nSPS) is 28.8. The van der Waals surface area contributed by atoms with Crippen molar-refractivity contribution in [3.63, 3.8) is 0 Å². The summed E-state index contributed by atoms with van der Waals surface area (Å²) >= 11 is 0. The van der Waals surface area contributed by atoms with Gasteiger partial charge in [-0.05, 0) is 111 Å². The van der Waals surface area contributed by atoms with Crippen molar-refractivity contribution in [2.75, 3.05) is 6.61 Å². The van der Waals surface area contributed by atoms with E-state index in [1.165, 1.54) is 62.5 Å². The number of carbonyl (C=O) groups excluding carboxylic acids is 6. The molecule has 0 spiro atoms. The summed E-state index contributed by atoms with van der Waals surface area (Å²) in [5, 5.41) is 48.9. The molecular formula is C67H79NO16. The van der Waals surface area contributed by atoms with Crippen LogP contribution in [-0.2, 0) is 47.7 Å². The van der Waals surface area contributed by atoms with Crippen molar-refractivity contribution in [1.82, 2.24) is 5.32 Å². The zero-order chi connectivity index (χ0) is 61.7. The number of hydrogen-bond donors (Lipinski definition) is 5. The molecule has 11 atom stereocenters. The lowest BCUT2D eigenvalue weighted by atomic mass is 9.44. The van der Waals surface area contributed by atoms with Crippen molar-refractivity contribution in [1.29, 1.82) is 0 Å². The molecule has 0 radical (unpaired) electrons. The van der Waals surface area contributed by atoms with Gasteiger partial charge in [-0.15, -0.1) is 0 Å². The van der Waals surface area contributed by atoms with Crippen molar-refractivity contribution >= 4 is 41.5 Å². The van der Waals surface area contributed by atoms with Crippen LogP contribution in [0.1, 0.15) is 141 Å². The van der Waals surface area contributed by atoms with Crippen LogP contribution in [0.4, 0.5) is 0 Å². The minimum Gasteiger partial charge on any atom is -0.478 e. The highest BCUT2D eigenvalue weighted by atomic mass is 16.6. The Hall–Kier alpha value is -7.57. The molecule has 1 saturated heterocycles. The number of fused-ring (bicyclic) bond motifs is 5. The van der Waals surface area contributed by atoms with Gasteiger partial charge in [-0.25, -0.2) is 14.4 Å². The molecular weight excluding hydrogens is 1070 g/mol. The maximum atomic E-state index is 15.5. The Kier molecular flexibility index (Phi) is 19.6. The molecule has 3 aromatic rings. The maximum Gasteiger partial charge on any atom is 0.338 e. The summed E-state index contributed by atoms with van der Waals surface area (Å²) in [6.07, 6.45) is 4.50. The van der Waals surface area contributed by atoms with E-state index in [0.717, 1.165) is 25.0 Å². The molecule has 0 aromatic heterocycles. The van der Waals surface area contributed by atoms with Gasteiger partial charge < -0.3 is 49.4 Å². The van der Waals surface area contributed by atoms with Gasteiger partial charge >= 0.3 is 29.8 Å². The second kappa shape index (κ2) is 25.7. The Labute approximate surface area is 491 Å². The van der Waals surface area contributed by atoms with E-state index in [0.29, 0.717) is 5.56 Å². The standard InChI is InChI=1S/C47H51NO14.C20H28O2/c1-25-31(60-43(56)36(52)35(28-16-10-7-11-17-28)48-41(54)29-18-12-8-13-19-29)23-47(57)40(61-42(55)30-20-14-9-15-21-30)38-45(6,32(51)22-33-46(38,24-58-33)62-27(3)50)39(53)37(59-26(2)49)34(25)44(47,4)5;1-15(8-6-9-16(2)14-19(21)22)11-12-18-17(3)10-7-13-20(18,4)5/h7-21,31-33,35-38,40,51-52,57H,22-24H2,1-6H3,(H,48,54);6,8-9,11-12,14H,7,10,13H2,1-5H3,(H,21,22)/b;9-6+,12-11+,15-8+,16-14-/t31-,32-,33+,35-,36+,37+,38-,40-,45+,46-,47+;/m0./s1. The summed E-state index contributed by atoms with van der Waals surface area (Å²) in [5.41, 5.74) is -1.92. The van der Waals surface area contributed by atoms with E-state index < -0.39 is 119 Å². The number of Topliss-reactive ketones (excluding diaryl/α,β-unsaturated/α-hetero) is 1. The van der Waals surface area contributed by atoms with E-state index in [4.69, 9.17) is 28.8 Å². The molecule has 4 aliphatic carbocycles. The summed E-state index contributed by atoms with van der Waals surface area (Å²) in [6.45, 7) is 18.7. The van der Waals surface area contributed by atoms with E-state index in [9.17, 15) is 44.1 Å². The average molecular weight is 1150 g/mol. The van der Waals surface area contributed by atoms with Crippen LogP contribution < -0.4 is 5.32 Å². The fourth-order valence-corrected chi connectivity index (χ4v) is 13.1. The largest absolute Gasteiger partial charge is 0.478 e. The Morgan fingerprint density at radius 1 is 0.786 bits per heavy atom. The summed E-state index contributed by atoms with van der Waals surface area (Å²) in [4.78, 5) is 94.0. The monoisotopic (exact) mass is 1150 g/mol. The Morgan fingerprint density at radius 2 is 1.39 bits per heavy atom. The molecule has 2 saturated carbocycles. The van der Waals surface area contributed by atoms with Crippen molar-refractivity contribution in [2.45, 2.75) is 162 Å². The molecule has 84 heavy (non-hydrogen) atoms. The molecule has 1 heterocycles. The number of carbonyl (C=O) groups is 7. The summed E-state index contributed by atoms with van der Waals surface area (Å²) < 4.78 is 30.3. The van der Waals surface area contributed by atoms with Gasteiger partial charge in [0, 0.05) is 43.7 Å². The number of allylic oxidation sites excluding steroid dienone is 9. The lowest BCUT2D eigenvalue weighted by molar-refractivity contribution is -0.346. The van der Waals surface area contributed by atoms with Gasteiger partial charge in [-0.2, -0.15) is 0 Å². The average Bonchev–Trinajstić information content (AvgIpc) is 0.716. The minimum atomic E-state index is -2.39. The third-order valence-corrected chi connectivity index (χ3v) is 17.6. The number of carboxylic acid groups (broad SMARTS) is 1. The summed E-state index contributed by atoms with van der Waals surface area (Å²) in [7, 11) is 0. The van der Waals surface area contributed by atoms with Crippen LogP contribution in [0.15, 0.2) is 161 Å². The lowest BCUT2D eigenvalue weighted by Gasteiger charge is -2.67. The molecule has 1 aliphatic heterocycles. The van der Waals surface area contributed by atoms with E-state index >= 15 is 4.79 Å². The van der Waals surface area contributed by atoms with Crippen molar-refractivity contribution in [3.8, 4) is 0 Å². The third kappa shape index (κ3) is 13.0. The van der Waals surface area contributed by atoms with Crippen molar-refractivity contribution < 1.29 is 77.7 Å². The van der Waals surface area contributed by atoms with Crippen molar-refractivity contribution in [3.05, 3.63) is 178 Å². The number of aliphatic hydroxyl groups excluding tert-OH is 2. The number of ether oxygens (including phenoxy) is 5. The Balaban J connectivity index is 0.000000388. The number of hydrogen-bond acceptors (Lipinski definition) is 15. The molecule has 0 unspecified atom stereocenters. The summed E-state index contributed by atoms with van der Waals surface area (Å²) in [6, 6.07) is 22.9. The SMILES string of the molecule is CC(=O)O[C@H]1C(=O)[C@@]2(C)[C@H]([C@H](OC(=O)c3ccccc3)[C@]3(O)C[C@H](OC(=O)[C@H](O)[C@@H](NC(=O)c4ccccc4)c4ccccc4)C(C)=C1C3(C)C)[C@]1(OC(C)=O)CO[C@@H]1C[C@@H]2O.CC1=C(/C=C/C(C)=C/C=C/C(C)=C\C(=O)O)C(C)(C)CCC1. The molecule has 448 valence electrons. The highest BCUT2D eigenvalue weighted by Gasteiger charge is 2.78. The zero-order valence-corrected chi connectivity index (χ0v) is 49.7. The Bertz CT molecular complexity index is 3190. The van der Waals surface area contributed by atoms with Crippen LogP contribution in [0.25, 0.3) is 0 Å². The van der Waals surface area contributed by atoms with Gasteiger partial charge in [-0.1, -0.05) is 136 Å². The number of ketones is 1. The van der Waals surface area contributed by atoms with E-state index in [2.05, 4.69) is 45.2 Å². The number of rotatable bonds is 15. The number of carboxylic acids is 1. The van der Waals surface area contributed by atoms with Crippen LogP contribution in [-0.4, -0.2) is 116 Å². The first kappa shape index (κ1) is 64.0. The maximum absolute atomic E-state index is 15.5. The molecule has 5 aliphatic rings. The topological polar surface area (TPSA) is 259 Å². The molecule has 3 fully saturated rings. The van der Waals surface area contributed by atoms with Crippen LogP contribution in [0.2, 0.25) is 0 Å². The molecule has 3 aromatic carbocycles. The second-order valence-electron chi connectivity index (χ2n) is 24.1. The van der Waals surface area contributed by atoms with Crippen LogP contribution >= 0.6 is 0 Å². The highest BCUT2D eigenvalue weighted by molar-refractivity contribution is 5.96. The molecule has 5 N–H and O–H groups in total. The predicted molar refractivity (Wildman–Crippen MR) is 311 cm³/mol. The van der Waals surface area contributed by atoms with E-state index in [-0.39, 0.29) is 40.7 Å². The van der Waals surface area contributed by atoms with Crippen LogP contribution in [0, 0.1) is 22.2 Å². The van der Waals surface area contributed by atoms with E-state index in [1.54, 1.807) is 106 Å². The number of nitrogens with one attached hydrogen (secondary N) is 1. The highest BCUT2D eigenvalue weighted by Crippen LogP contribution is 2.64. The zero-order valence-electron chi connectivity index (χ0n) is 49.7. The smallest absolute Gasteiger partial charge is 0.338 e. The van der Waals surface area contributed by atoms with Gasteiger partial charge in [0.2, 0.25) is 0 Å². The van der Waals surface area contributed by atoms with Gasteiger partial charge in [0.05, 0.1) is 35.6 Å². The quantitative estimate of drug-likeness (QED) is 0.0312. The molecule has 1 amide bonds. The third-order valence-electron chi connectivity index (χ3n) is 17.6. The fourth-order valence-electron chi connectivity index (χ4n) is 13.1. The number of amides is 1. The van der Waals surface area contributed by atoms with Crippen LogP contribution in [0.5, 0.6) is 0 Å². The van der Waals surface area contributed by atoms with Gasteiger partial charge in [0.25, 0.3) is 5.91 Å². The lowest BCUT2D eigenvalue weighted by Crippen LogP contribution is -2.82. The number of aliphatic hydroxyl groups is 3. The van der Waals surface area contributed by atoms with Crippen LogP contribution in [0.3, 0.4) is 0 Å². The predicted octanol–water partition coefficient (Wildman–Crippen LogP) is 9.34. The number of esters is 4. The fraction of sp³-hybridized carbons (Fsp3) is 0.448. The second-order valence-corrected chi connectivity index (χ2v) is 24.1. The number of aliphatic carboxylic acids is 1.